The van der Waals surface area contributed by atoms with Gasteiger partial charge in [0.2, 0.25) is 5.91 Å². The number of carbonyl (C=O) groups is 1. The van der Waals surface area contributed by atoms with Gasteiger partial charge in [-0.3, -0.25) is 4.79 Å². The second-order valence-electron chi connectivity index (χ2n) is 7.51. The topological polar surface area (TPSA) is 41.1 Å². The van der Waals surface area contributed by atoms with Crippen LogP contribution in [0.2, 0.25) is 0 Å². The Kier molecular flexibility index (Phi) is 2.87. The summed E-state index contributed by atoms with van der Waals surface area (Å²) in [6.07, 6.45) is 7.01. The van der Waals surface area contributed by atoms with Crippen molar-refractivity contribution in [2.75, 3.05) is 13.1 Å². The maximum atomic E-state index is 12.4. The van der Waals surface area contributed by atoms with Crippen LogP contribution in [0.25, 0.3) is 0 Å². The quantitative estimate of drug-likeness (QED) is 0.796. The molecule has 3 aliphatic carbocycles. The van der Waals surface area contributed by atoms with Gasteiger partial charge in [-0.2, -0.15) is 0 Å². The van der Waals surface area contributed by atoms with Gasteiger partial charge in [0.25, 0.3) is 0 Å². The molecule has 4 rings (SSSR count). The van der Waals surface area contributed by atoms with Crippen molar-refractivity contribution in [3.05, 3.63) is 0 Å². The largest absolute Gasteiger partial charge is 0.353 e. The van der Waals surface area contributed by atoms with Gasteiger partial charge >= 0.3 is 0 Å². The number of hydrogen-bond donors (Lipinski definition) is 2. The molecule has 19 heavy (non-hydrogen) atoms. The normalized spacial score (nSPS) is 51.5. The fourth-order valence-corrected chi connectivity index (χ4v) is 5.68. The summed E-state index contributed by atoms with van der Waals surface area (Å²) >= 11 is 0. The number of carbonyl (C=O) groups excluding carboxylic acids is 1. The van der Waals surface area contributed by atoms with Crippen LogP contribution in [0, 0.1) is 35.5 Å². The highest BCUT2D eigenvalue weighted by Crippen LogP contribution is 2.58. The molecule has 4 fully saturated rings. The van der Waals surface area contributed by atoms with Gasteiger partial charge in [-0.05, 0) is 61.8 Å². The molecule has 2 N–H and O–H groups in total. The van der Waals surface area contributed by atoms with Crippen molar-refractivity contribution in [1.29, 1.82) is 0 Å². The van der Waals surface area contributed by atoms with Crippen LogP contribution in [0.3, 0.4) is 0 Å². The third-order valence-corrected chi connectivity index (χ3v) is 6.61. The minimum Gasteiger partial charge on any atom is -0.353 e. The standard InChI is InChI=1S/C16H26N2O/c1-9-7-17-8-14(9)16(19)18-15-6-10-5-13(15)12-4-2-3-11(10)12/h9-15,17H,2-8H2,1H3,(H,18,19)/t9-,10?,11?,12?,13?,14-,15?/m1/s1. The van der Waals surface area contributed by atoms with Crippen LogP contribution in [-0.4, -0.2) is 25.0 Å². The Balaban J connectivity index is 1.40. The summed E-state index contributed by atoms with van der Waals surface area (Å²) in [4.78, 5) is 12.4. The van der Waals surface area contributed by atoms with Crippen LogP contribution in [-0.2, 0) is 4.79 Å². The molecule has 1 aliphatic heterocycles. The van der Waals surface area contributed by atoms with Crippen molar-refractivity contribution >= 4 is 5.91 Å². The highest BCUT2D eigenvalue weighted by molar-refractivity contribution is 5.80. The monoisotopic (exact) mass is 262 g/mol. The molecule has 0 aromatic heterocycles. The zero-order chi connectivity index (χ0) is 13.0. The van der Waals surface area contributed by atoms with Gasteiger partial charge in [0.1, 0.15) is 0 Å². The summed E-state index contributed by atoms with van der Waals surface area (Å²) < 4.78 is 0. The average Bonchev–Trinajstić information content (AvgIpc) is 3.07. The number of amides is 1. The second-order valence-corrected chi connectivity index (χ2v) is 7.51. The van der Waals surface area contributed by atoms with E-state index in [1.165, 1.54) is 32.1 Å². The highest BCUT2D eigenvalue weighted by Gasteiger charge is 2.54. The van der Waals surface area contributed by atoms with Gasteiger partial charge in [-0.25, -0.2) is 0 Å². The van der Waals surface area contributed by atoms with E-state index in [-0.39, 0.29) is 5.92 Å². The molecule has 3 saturated carbocycles. The molecule has 1 saturated heterocycles. The van der Waals surface area contributed by atoms with Gasteiger partial charge in [-0.15, -0.1) is 0 Å². The lowest BCUT2D eigenvalue weighted by atomic mass is 9.79. The molecule has 3 nitrogen and oxygen atoms in total. The molecule has 4 aliphatic rings. The first-order valence-electron chi connectivity index (χ1n) is 8.25. The van der Waals surface area contributed by atoms with Gasteiger partial charge in [0, 0.05) is 12.6 Å². The van der Waals surface area contributed by atoms with Crippen LogP contribution in [0.15, 0.2) is 0 Å². The van der Waals surface area contributed by atoms with Crippen LogP contribution in [0.5, 0.6) is 0 Å². The Hall–Kier alpha value is -0.570. The van der Waals surface area contributed by atoms with Crippen molar-refractivity contribution in [2.24, 2.45) is 35.5 Å². The lowest BCUT2D eigenvalue weighted by Crippen LogP contribution is -2.46. The Morgan fingerprint density at radius 2 is 1.95 bits per heavy atom. The first kappa shape index (κ1) is 12.2. The van der Waals surface area contributed by atoms with Gasteiger partial charge in [0.05, 0.1) is 5.92 Å². The van der Waals surface area contributed by atoms with E-state index in [0.29, 0.717) is 17.9 Å². The Morgan fingerprint density at radius 1 is 1.11 bits per heavy atom. The van der Waals surface area contributed by atoms with Gasteiger partial charge in [0.15, 0.2) is 0 Å². The molecule has 2 bridgehead atoms. The first-order valence-corrected chi connectivity index (χ1v) is 8.25. The van der Waals surface area contributed by atoms with E-state index in [2.05, 4.69) is 17.6 Å². The molecule has 1 heterocycles. The summed E-state index contributed by atoms with van der Waals surface area (Å²) in [6, 6.07) is 0.504. The van der Waals surface area contributed by atoms with Crippen LogP contribution in [0.4, 0.5) is 0 Å². The maximum absolute atomic E-state index is 12.4. The Labute approximate surface area is 115 Å². The highest BCUT2D eigenvalue weighted by atomic mass is 16.2. The molecule has 0 aromatic rings. The van der Waals surface area contributed by atoms with E-state index in [0.717, 1.165) is 36.8 Å². The van der Waals surface area contributed by atoms with E-state index < -0.39 is 0 Å². The van der Waals surface area contributed by atoms with Crippen LogP contribution < -0.4 is 10.6 Å². The minimum absolute atomic E-state index is 0.207. The number of fused-ring (bicyclic) bond motifs is 5. The van der Waals surface area contributed by atoms with E-state index in [4.69, 9.17) is 0 Å². The summed E-state index contributed by atoms with van der Waals surface area (Å²) in [5.41, 5.74) is 0. The summed E-state index contributed by atoms with van der Waals surface area (Å²) in [5.74, 6) is 4.74. The fraction of sp³-hybridized carbons (Fsp3) is 0.938. The van der Waals surface area contributed by atoms with E-state index >= 15 is 0 Å². The van der Waals surface area contributed by atoms with Crippen molar-refractivity contribution < 1.29 is 4.79 Å². The summed E-state index contributed by atoms with van der Waals surface area (Å²) in [7, 11) is 0. The third kappa shape index (κ3) is 1.84. The first-order chi connectivity index (χ1) is 9.24. The Bertz CT molecular complexity index is 383. The molecule has 106 valence electrons. The average molecular weight is 262 g/mol. The smallest absolute Gasteiger partial charge is 0.224 e. The molecular formula is C16H26N2O. The zero-order valence-corrected chi connectivity index (χ0v) is 11.9. The Morgan fingerprint density at radius 3 is 2.74 bits per heavy atom. The van der Waals surface area contributed by atoms with Crippen LogP contribution >= 0.6 is 0 Å². The van der Waals surface area contributed by atoms with Gasteiger partial charge in [-0.1, -0.05) is 13.3 Å². The molecule has 7 atom stereocenters. The summed E-state index contributed by atoms with van der Waals surface area (Å²) in [6.45, 7) is 4.07. The lowest BCUT2D eigenvalue weighted by molar-refractivity contribution is -0.126. The fourth-order valence-electron chi connectivity index (χ4n) is 5.68. The zero-order valence-electron chi connectivity index (χ0n) is 11.9. The van der Waals surface area contributed by atoms with Crippen molar-refractivity contribution in [2.45, 2.75) is 45.1 Å². The van der Waals surface area contributed by atoms with E-state index in [9.17, 15) is 4.79 Å². The molecule has 0 radical (unpaired) electrons. The SMILES string of the molecule is C[C@@H]1CNC[C@H]1C(=O)NC1CC2CC1C1CCCC21. The number of hydrogen-bond acceptors (Lipinski definition) is 2. The number of rotatable bonds is 2. The van der Waals surface area contributed by atoms with Crippen LogP contribution in [0.1, 0.15) is 39.0 Å². The molecule has 3 heteroatoms. The predicted octanol–water partition coefficient (Wildman–Crippen LogP) is 1.78. The van der Waals surface area contributed by atoms with E-state index in [1.54, 1.807) is 0 Å². The molecule has 0 aromatic carbocycles. The predicted molar refractivity (Wildman–Crippen MR) is 74.5 cm³/mol. The molecular weight excluding hydrogens is 236 g/mol. The second kappa shape index (κ2) is 4.47. The maximum Gasteiger partial charge on any atom is 0.224 e. The molecule has 0 spiro atoms. The van der Waals surface area contributed by atoms with Crippen molar-refractivity contribution in [3.8, 4) is 0 Å². The molecule has 1 amide bonds. The van der Waals surface area contributed by atoms with Crippen molar-refractivity contribution in [3.63, 3.8) is 0 Å². The third-order valence-electron chi connectivity index (χ3n) is 6.61. The summed E-state index contributed by atoms with van der Waals surface area (Å²) in [5, 5.41) is 6.75. The lowest BCUT2D eigenvalue weighted by Gasteiger charge is -2.33. The molecule has 5 unspecified atom stereocenters. The van der Waals surface area contributed by atoms with Gasteiger partial charge < -0.3 is 10.6 Å². The van der Waals surface area contributed by atoms with Crippen molar-refractivity contribution in [1.82, 2.24) is 10.6 Å². The van der Waals surface area contributed by atoms with E-state index in [1.807, 2.05) is 0 Å². The minimum atomic E-state index is 0.207. The number of nitrogens with one attached hydrogen (secondary N) is 2.